The Morgan fingerprint density at radius 1 is 1.45 bits per heavy atom. The van der Waals surface area contributed by atoms with Gasteiger partial charge in [-0.3, -0.25) is 10.6 Å². The van der Waals surface area contributed by atoms with Crippen molar-refractivity contribution in [1.82, 2.24) is 5.32 Å². The molecule has 0 aliphatic heterocycles. The molecule has 0 heterocycles. The molecule has 0 spiro atoms. The van der Waals surface area contributed by atoms with Crippen LogP contribution in [-0.2, 0) is 6.18 Å². The van der Waals surface area contributed by atoms with E-state index in [9.17, 15) is 18.0 Å². The molecule has 0 bridgehead atoms. The van der Waals surface area contributed by atoms with Crippen LogP contribution < -0.4 is 16.6 Å². The zero-order valence-electron chi connectivity index (χ0n) is 11.0. The summed E-state index contributed by atoms with van der Waals surface area (Å²) in [5.41, 5.74) is 1.35. The number of nitrogens with one attached hydrogen (secondary N) is 2. The summed E-state index contributed by atoms with van der Waals surface area (Å²) in [4.78, 5) is 11.9. The normalized spacial score (nSPS) is 12.9. The van der Waals surface area contributed by atoms with Crippen molar-refractivity contribution < 1.29 is 18.0 Å². The fraction of sp³-hybridized carbons (Fsp3) is 0.417. The first kappa shape index (κ1) is 16.6. The molecule has 0 fully saturated rings. The average Bonchev–Trinajstić information content (AvgIpc) is 2.42. The van der Waals surface area contributed by atoms with Crippen LogP contribution in [0.4, 0.5) is 18.9 Å². The van der Waals surface area contributed by atoms with Gasteiger partial charge in [0.25, 0.3) is 5.91 Å². The number of carbonyl (C=O) groups is 1. The molecule has 1 aromatic carbocycles. The molecule has 1 rings (SSSR count). The van der Waals surface area contributed by atoms with E-state index in [1.807, 2.05) is 13.2 Å². The largest absolute Gasteiger partial charge is 0.416 e. The van der Waals surface area contributed by atoms with Crippen LogP contribution in [0.1, 0.15) is 22.8 Å². The number of carbonyl (C=O) groups excluding carboxylic acids is 1. The molecule has 0 aromatic heterocycles. The molecule has 4 N–H and O–H groups in total. The smallest absolute Gasteiger partial charge is 0.351 e. The Kier molecular flexibility index (Phi) is 5.70. The summed E-state index contributed by atoms with van der Waals surface area (Å²) in [5, 5.41) is 2.75. The Balaban J connectivity index is 2.99. The predicted molar refractivity (Wildman–Crippen MR) is 74.6 cm³/mol. The summed E-state index contributed by atoms with van der Waals surface area (Å²) >= 11 is 1.54. The van der Waals surface area contributed by atoms with Crippen molar-refractivity contribution in [3.63, 3.8) is 0 Å². The SMILES string of the molecule is CSC(C)CNC(=O)c1cc(C(F)(F)F)ccc1NN. The number of anilines is 1. The van der Waals surface area contributed by atoms with Crippen LogP contribution in [0.3, 0.4) is 0 Å². The van der Waals surface area contributed by atoms with E-state index < -0.39 is 17.6 Å². The first-order valence-electron chi connectivity index (χ1n) is 5.78. The summed E-state index contributed by atoms with van der Waals surface area (Å²) in [5.74, 6) is 4.62. The van der Waals surface area contributed by atoms with Crippen molar-refractivity contribution in [1.29, 1.82) is 0 Å². The lowest BCUT2D eigenvalue weighted by molar-refractivity contribution is -0.137. The highest BCUT2D eigenvalue weighted by molar-refractivity contribution is 7.99. The van der Waals surface area contributed by atoms with Gasteiger partial charge in [0.2, 0.25) is 0 Å². The van der Waals surface area contributed by atoms with E-state index in [1.165, 1.54) is 0 Å². The first-order valence-corrected chi connectivity index (χ1v) is 7.07. The van der Waals surface area contributed by atoms with Gasteiger partial charge >= 0.3 is 6.18 Å². The number of hydrogen-bond donors (Lipinski definition) is 3. The van der Waals surface area contributed by atoms with Crippen LogP contribution in [0.15, 0.2) is 18.2 Å². The fourth-order valence-corrected chi connectivity index (χ4v) is 1.70. The Morgan fingerprint density at radius 3 is 2.60 bits per heavy atom. The Bertz CT molecular complexity index is 480. The van der Waals surface area contributed by atoms with E-state index in [2.05, 4.69) is 10.7 Å². The number of amides is 1. The van der Waals surface area contributed by atoms with Gasteiger partial charge in [-0.25, -0.2) is 0 Å². The summed E-state index contributed by atoms with van der Waals surface area (Å²) in [6.45, 7) is 2.26. The number of alkyl halides is 3. The molecule has 112 valence electrons. The molecule has 0 saturated heterocycles. The standard InChI is InChI=1S/C12H16F3N3OS/c1-7(20-2)6-17-11(19)9-5-8(12(13,14)15)3-4-10(9)18-16/h3-5,7,18H,6,16H2,1-2H3,(H,17,19). The number of nitrogens with two attached hydrogens (primary N) is 1. The van der Waals surface area contributed by atoms with Gasteiger partial charge in [-0.15, -0.1) is 0 Å². The fourth-order valence-electron chi connectivity index (χ4n) is 1.45. The zero-order valence-corrected chi connectivity index (χ0v) is 11.9. The Morgan fingerprint density at radius 2 is 2.10 bits per heavy atom. The van der Waals surface area contributed by atoms with Gasteiger partial charge in [0, 0.05) is 11.8 Å². The minimum atomic E-state index is -4.51. The lowest BCUT2D eigenvalue weighted by atomic mass is 10.1. The van der Waals surface area contributed by atoms with Gasteiger partial charge < -0.3 is 10.7 Å². The highest BCUT2D eigenvalue weighted by atomic mass is 32.2. The molecule has 8 heteroatoms. The zero-order chi connectivity index (χ0) is 15.3. The third-order valence-electron chi connectivity index (χ3n) is 2.70. The van der Waals surface area contributed by atoms with Crippen LogP contribution in [0.2, 0.25) is 0 Å². The molecule has 4 nitrogen and oxygen atoms in total. The second-order valence-corrected chi connectivity index (χ2v) is 5.43. The predicted octanol–water partition coefficient (Wildman–Crippen LogP) is 2.47. The monoisotopic (exact) mass is 307 g/mol. The quantitative estimate of drug-likeness (QED) is 0.577. The van der Waals surface area contributed by atoms with E-state index in [0.29, 0.717) is 6.54 Å². The third-order valence-corrected chi connectivity index (χ3v) is 3.67. The number of hydrazine groups is 1. The van der Waals surface area contributed by atoms with Crippen molar-refractivity contribution in [2.24, 2.45) is 5.84 Å². The van der Waals surface area contributed by atoms with E-state index in [-0.39, 0.29) is 16.5 Å². The van der Waals surface area contributed by atoms with E-state index in [1.54, 1.807) is 11.8 Å². The van der Waals surface area contributed by atoms with E-state index in [4.69, 9.17) is 5.84 Å². The topological polar surface area (TPSA) is 67.2 Å². The molecule has 0 radical (unpaired) electrons. The average molecular weight is 307 g/mol. The van der Waals surface area contributed by atoms with Crippen LogP contribution in [0.5, 0.6) is 0 Å². The van der Waals surface area contributed by atoms with Crippen molar-refractivity contribution >= 4 is 23.4 Å². The van der Waals surface area contributed by atoms with E-state index in [0.717, 1.165) is 18.2 Å². The number of nitrogen functional groups attached to an aromatic ring is 1. The van der Waals surface area contributed by atoms with Gasteiger partial charge in [-0.1, -0.05) is 6.92 Å². The maximum absolute atomic E-state index is 12.6. The summed E-state index contributed by atoms with van der Waals surface area (Å²) < 4.78 is 37.9. The molecule has 1 aromatic rings. The molecule has 0 aliphatic rings. The number of rotatable bonds is 5. The van der Waals surface area contributed by atoms with E-state index >= 15 is 0 Å². The second kappa shape index (κ2) is 6.85. The number of thioether (sulfide) groups is 1. The van der Waals surface area contributed by atoms with Crippen molar-refractivity contribution in [3.8, 4) is 0 Å². The molecular weight excluding hydrogens is 291 g/mol. The molecule has 1 unspecified atom stereocenters. The summed E-state index contributed by atoms with van der Waals surface area (Å²) in [7, 11) is 0. The van der Waals surface area contributed by atoms with Crippen LogP contribution in [-0.4, -0.2) is 24.0 Å². The van der Waals surface area contributed by atoms with Gasteiger partial charge in [0.15, 0.2) is 0 Å². The van der Waals surface area contributed by atoms with Crippen molar-refractivity contribution in [2.45, 2.75) is 18.3 Å². The Hall–Kier alpha value is -1.41. The Labute approximate surface area is 119 Å². The van der Waals surface area contributed by atoms with Crippen LogP contribution in [0, 0.1) is 0 Å². The molecule has 1 amide bonds. The molecular formula is C12H16F3N3OS. The van der Waals surface area contributed by atoms with Gasteiger partial charge in [-0.2, -0.15) is 24.9 Å². The summed E-state index contributed by atoms with van der Waals surface area (Å²) in [6.07, 6.45) is -2.62. The minimum Gasteiger partial charge on any atom is -0.351 e. The third kappa shape index (κ3) is 4.31. The van der Waals surface area contributed by atoms with Gasteiger partial charge in [-0.05, 0) is 24.5 Å². The summed E-state index contributed by atoms with van der Waals surface area (Å²) in [6, 6.07) is 2.79. The van der Waals surface area contributed by atoms with Crippen molar-refractivity contribution in [3.05, 3.63) is 29.3 Å². The molecule has 1 atom stereocenters. The number of benzene rings is 1. The highest BCUT2D eigenvalue weighted by Crippen LogP contribution is 2.31. The molecule has 0 saturated carbocycles. The maximum atomic E-state index is 12.6. The minimum absolute atomic E-state index is 0.129. The lowest BCUT2D eigenvalue weighted by Crippen LogP contribution is -2.30. The first-order chi connectivity index (χ1) is 9.29. The lowest BCUT2D eigenvalue weighted by Gasteiger charge is -2.14. The number of halogens is 3. The number of hydrogen-bond acceptors (Lipinski definition) is 4. The second-order valence-electron chi connectivity index (χ2n) is 4.16. The highest BCUT2D eigenvalue weighted by Gasteiger charge is 2.31. The molecule has 0 aliphatic carbocycles. The van der Waals surface area contributed by atoms with Crippen LogP contribution in [0.25, 0.3) is 0 Å². The van der Waals surface area contributed by atoms with Crippen molar-refractivity contribution in [2.75, 3.05) is 18.2 Å². The maximum Gasteiger partial charge on any atom is 0.416 e. The van der Waals surface area contributed by atoms with Gasteiger partial charge in [0.05, 0.1) is 16.8 Å². The van der Waals surface area contributed by atoms with Gasteiger partial charge in [0.1, 0.15) is 0 Å². The van der Waals surface area contributed by atoms with Crippen LogP contribution >= 0.6 is 11.8 Å². The molecule has 20 heavy (non-hydrogen) atoms.